The molecule has 50 heavy (non-hydrogen) atoms. The molecule has 0 saturated heterocycles. The zero-order chi connectivity index (χ0) is 33.1. The lowest BCUT2D eigenvalue weighted by atomic mass is 10.0. The molecule has 11 aromatic rings. The van der Waals surface area contributed by atoms with Crippen LogP contribution < -0.4 is 0 Å². The van der Waals surface area contributed by atoms with E-state index in [-0.39, 0.29) is 0 Å². The van der Waals surface area contributed by atoms with E-state index in [4.69, 9.17) is 0 Å². The maximum Gasteiger partial charge on any atom is 0.00751 e. The Morgan fingerprint density at radius 3 is 0.940 bits per heavy atom. The van der Waals surface area contributed by atoms with Crippen molar-refractivity contribution in [1.82, 2.24) is 0 Å². The van der Waals surface area contributed by atoms with Crippen LogP contribution in [0.3, 0.4) is 0 Å². The fourth-order valence-corrected chi connectivity index (χ4v) is 13.6. The molecule has 0 fully saturated rings. The highest BCUT2D eigenvalue weighted by Gasteiger charge is 2.21. The standard InChI is InChI=1S/C48H32P2/c1-29-11-15-39(16-12-29)49-45-25-37-21-33-9-5-3-7-31(33)19-35(37)23-41(45)43-28-48-44(27-47(43)49)42-24-36-20-32-8-4-6-10-34(32)22-38(36)26-46(42)50(48)40-17-13-30(2)14-18-40/h3-28H,1-2H3. The highest BCUT2D eigenvalue weighted by molar-refractivity contribution is 7.69. The molecule has 0 radical (unpaired) electrons. The van der Waals surface area contributed by atoms with Gasteiger partial charge in [-0.1, -0.05) is 123 Å². The Bertz CT molecular complexity index is 2970. The van der Waals surface area contributed by atoms with Crippen molar-refractivity contribution < 1.29 is 0 Å². The summed E-state index contributed by atoms with van der Waals surface area (Å²) in [6.07, 6.45) is 0. The Kier molecular flexibility index (Phi) is 6.01. The summed E-state index contributed by atoms with van der Waals surface area (Å²) in [6.45, 7) is 4.38. The van der Waals surface area contributed by atoms with E-state index >= 15 is 0 Å². The van der Waals surface area contributed by atoms with Gasteiger partial charge in [-0.25, -0.2) is 0 Å². The molecule has 2 atom stereocenters. The van der Waals surface area contributed by atoms with Gasteiger partial charge >= 0.3 is 0 Å². The van der Waals surface area contributed by atoms with Crippen molar-refractivity contribution in [2.75, 3.05) is 0 Å². The highest BCUT2D eigenvalue weighted by atomic mass is 31.1. The number of rotatable bonds is 2. The molecule has 0 bridgehead atoms. The number of benzene rings is 9. The van der Waals surface area contributed by atoms with Gasteiger partial charge < -0.3 is 0 Å². The Morgan fingerprint density at radius 2 is 0.580 bits per heavy atom. The molecule has 0 spiro atoms. The van der Waals surface area contributed by atoms with Crippen LogP contribution in [0.15, 0.2) is 158 Å². The normalized spacial score (nSPS) is 12.9. The second-order valence-corrected chi connectivity index (χ2v) is 18.4. The average Bonchev–Trinajstić information content (AvgIpc) is 3.61. The van der Waals surface area contributed by atoms with E-state index in [1.807, 2.05) is 0 Å². The van der Waals surface area contributed by atoms with Crippen molar-refractivity contribution in [3.05, 3.63) is 169 Å². The molecule has 2 unspecified atom stereocenters. The van der Waals surface area contributed by atoms with Gasteiger partial charge in [-0.2, -0.15) is 0 Å². The summed E-state index contributed by atoms with van der Waals surface area (Å²) in [5, 5.41) is 24.9. The summed E-state index contributed by atoms with van der Waals surface area (Å²) in [6, 6.07) is 61.0. The topological polar surface area (TPSA) is 0 Å². The van der Waals surface area contributed by atoms with Crippen molar-refractivity contribution >= 4 is 100 Å². The first-order valence-electron chi connectivity index (χ1n) is 17.4. The fourth-order valence-electron chi connectivity index (χ4n) is 8.34. The van der Waals surface area contributed by atoms with Crippen LogP contribution in [-0.4, -0.2) is 0 Å². The van der Waals surface area contributed by atoms with Crippen LogP contribution >= 0.6 is 15.1 Å². The molecule has 9 aromatic carbocycles. The van der Waals surface area contributed by atoms with Gasteiger partial charge in [0.15, 0.2) is 0 Å². The summed E-state index contributed by atoms with van der Waals surface area (Å²) in [4.78, 5) is 0. The van der Waals surface area contributed by atoms with Crippen LogP contribution in [-0.2, 0) is 0 Å². The molecule has 234 valence electrons. The van der Waals surface area contributed by atoms with Crippen molar-refractivity contribution in [3.63, 3.8) is 0 Å². The van der Waals surface area contributed by atoms with Gasteiger partial charge in [-0.15, -0.1) is 0 Å². The molecule has 0 aliphatic carbocycles. The summed E-state index contributed by atoms with van der Waals surface area (Å²) in [5.41, 5.74) is 2.61. The van der Waals surface area contributed by atoms with Crippen molar-refractivity contribution in [1.29, 1.82) is 0 Å². The SMILES string of the molecule is Cc1ccc(-p2c3cc4cc5ccccc5cc4cc3c3cc4c(cc32)c2cc3cc5ccccc5cc3cc2p4-c2ccc(C)cc2)cc1. The van der Waals surface area contributed by atoms with E-state index in [0.717, 1.165) is 0 Å². The van der Waals surface area contributed by atoms with Crippen LogP contribution in [0.25, 0.3) is 95.7 Å². The quantitative estimate of drug-likeness (QED) is 0.161. The van der Waals surface area contributed by atoms with Gasteiger partial charge in [0.1, 0.15) is 0 Å². The molecule has 2 aromatic heterocycles. The van der Waals surface area contributed by atoms with Crippen molar-refractivity contribution in [3.8, 4) is 10.6 Å². The Balaban J connectivity index is 1.32. The molecule has 11 rings (SSSR count). The highest BCUT2D eigenvalue weighted by Crippen LogP contribution is 2.61. The van der Waals surface area contributed by atoms with Crippen molar-refractivity contribution in [2.45, 2.75) is 13.8 Å². The predicted octanol–water partition coefficient (Wildman–Crippen LogP) is 15.5. The van der Waals surface area contributed by atoms with Crippen LogP contribution in [0.4, 0.5) is 0 Å². The molecule has 0 saturated carbocycles. The second kappa shape index (κ2) is 10.6. The smallest absolute Gasteiger partial charge is 0.00751 e. The Labute approximate surface area is 292 Å². The monoisotopic (exact) mass is 670 g/mol. The minimum absolute atomic E-state index is 0.720. The Hall–Kier alpha value is -5.38. The number of hydrogen-bond acceptors (Lipinski definition) is 0. The average molecular weight is 671 g/mol. The maximum absolute atomic E-state index is 2.61. The molecule has 0 aliphatic heterocycles. The first kappa shape index (κ1) is 28.5. The third-order valence-corrected chi connectivity index (χ3v) is 15.9. The van der Waals surface area contributed by atoms with E-state index < -0.39 is 15.1 Å². The second-order valence-electron chi connectivity index (χ2n) is 14.1. The molecule has 0 nitrogen and oxygen atoms in total. The molecule has 0 N–H and O–H groups in total. The van der Waals surface area contributed by atoms with E-state index in [9.17, 15) is 0 Å². The summed E-state index contributed by atoms with van der Waals surface area (Å²) >= 11 is 0. The largest absolute Gasteiger partial charge is 0.0772 e. The summed E-state index contributed by atoms with van der Waals surface area (Å²) < 4.78 is 0. The molecule has 2 heteroatoms. The summed E-state index contributed by atoms with van der Waals surface area (Å²) in [5.74, 6) is 0. The van der Waals surface area contributed by atoms with E-state index in [1.165, 1.54) is 107 Å². The van der Waals surface area contributed by atoms with Crippen LogP contribution in [0, 0.1) is 13.8 Å². The first-order valence-corrected chi connectivity index (χ1v) is 20.1. The zero-order valence-corrected chi connectivity index (χ0v) is 29.7. The third-order valence-electron chi connectivity index (χ3n) is 10.9. The van der Waals surface area contributed by atoms with E-state index in [2.05, 4.69) is 172 Å². The molecular formula is C48H32P2. The van der Waals surface area contributed by atoms with Gasteiger partial charge in [0, 0.05) is 20.5 Å². The van der Waals surface area contributed by atoms with Gasteiger partial charge in [-0.3, -0.25) is 0 Å². The van der Waals surface area contributed by atoms with Crippen LogP contribution in [0.1, 0.15) is 11.1 Å². The van der Waals surface area contributed by atoms with Gasteiger partial charge in [0.05, 0.1) is 0 Å². The number of aryl methyl sites for hydroxylation is 2. The molecule has 0 amide bonds. The van der Waals surface area contributed by atoms with E-state index in [1.54, 1.807) is 0 Å². The van der Waals surface area contributed by atoms with Crippen LogP contribution in [0.2, 0.25) is 0 Å². The van der Waals surface area contributed by atoms with Crippen molar-refractivity contribution in [2.24, 2.45) is 0 Å². The minimum atomic E-state index is -0.720. The van der Waals surface area contributed by atoms with Crippen LogP contribution in [0.5, 0.6) is 0 Å². The summed E-state index contributed by atoms with van der Waals surface area (Å²) in [7, 11) is -1.44. The lowest BCUT2D eigenvalue weighted by molar-refractivity contribution is 1.49. The molecular weight excluding hydrogens is 638 g/mol. The van der Waals surface area contributed by atoms with E-state index in [0.29, 0.717) is 0 Å². The Morgan fingerprint density at radius 1 is 0.280 bits per heavy atom. The first-order chi connectivity index (χ1) is 24.6. The van der Waals surface area contributed by atoms with Gasteiger partial charge in [0.2, 0.25) is 0 Å². The third kappa shape index (κ3) is 4.20. The van der Waals surface area contributed by atoms with Gasteiger partial charge in [-0.05, 0) is 150 Å². The van der Waals surface area contributed by atoms with Gasteiger partial charge in [0.25, 0.3) is 0 Å². The zero-order valence-electron chi connectivity index (χ0n) is 27.9. The maximum atomic E-state index is 2.61. The number of fused-ring (bicyclic) bond motifs is 10. The minimum Gasteiger partial charge on any atom is -0.0772 e. The predicted molar refractivity (Wildman–Crippen MR) is 224 cm³/mol. The lowest BCUT2D eigenvalue weighted by Gasteiger charge is -2.07. The fraction of sp³-hybridized carbons (Fsp3) is 0.0417. The molecule has 2 heterocycles. The molecule has 0 aliphatic rings. The number of hydrogen-bond donors (Lipinski definition) is 0. The lowest BCUT2D eigenvalue weighted by Crippen LogP contribution is -1.77.